The minimum Gasteiger partial charge on any atom is -0.352 e. The molecule has 30 heavy (non-hydrogen) atoms. The molecular formula is C21H24ClF2N3O2S. The Hall–Kier alpha value is -2.16. The van der Waals surface area contributed by atoms with Gasteiger partial charge in [-0.2, -0.15) is 0 Å². The highest BCUT2D eigenvalue weighted by atomic mass is 35.5. The Balaban J connectivity index is 0.00000320. The van der Waals surface area contributed by atoms with Gasteiger partial charge >= 0.3 is 0 Å². The lowest BCUT2D eigenvalue weighted by Crippen LogP contribution is -2.44. The smallest absolute Gasteiger partial charge is 0.254 e. The number of nitrogens with two attached hydrogens (primary N) is 1. The lowest BCUT2D eigenvalue weighted by atomic mass is 10.1. The maximum Gasteiger partial charge on any atom is 0.254 e. The van der Waals surface area contributed by atoms with Crippen LogP contribution in [0.3, 0.4) is 0 Å². The first-order valence-corrected chi connectivity index (χ1v) is 10.4. The Morgan fingerprint density at radius 3 is 2.63 bits per heavy atom. The molecule has 0 unspecified atom stereocenters. The summed E-state index contributed by atoms with van der Waals surface area (Å²) in [6.07, 6.45) is 1.69. The molecule has 9 heteroatoms. The number of fused-ring (bicyclic) bond motifs is 1. The van der Waals surface area contributed by atoms with Crippen molar-refractivity contribution in [3.8, 4) is 0 Å². The van der Waals surface area contributed by atoms with E-state index < -0.39 is 17.8 Å². The van der Waals surface area contributed by atoms with Crippen molar-refractivity contribution in [2.45, 2.75) is 37.2 Å². The van der Waals surface area contributed by atoms with E-state index in [-0.39, 0.29) is 36.2 Å². The van der Waals surface area contributed by atoms with Gasteiger partial charge in [-0.15, -0.1) is 24.2 Å². The van der Waals surface area contributed by atoms with Gasteiger partial charge in [-0.3, -0.25) is 9.59 Å². The second kappa shape index (κ2) is 10.7. The number of carbonyl (C=O) groups is 2. The number of rotatable bonds is 6. The predicted octanol–water partition coefficient (Wildman–Crippen LogP) is 3.88. The Morgan fingerprint density at radius 2 is 1.97 bits per heavy atom. The molecule has 2 aromatic rings. The van der Waals surface area contributed by atoms with Crippen molar-refractivity contribution in [3.63, 3.8) is 0 Å². The van der Waals surface area contributed by atoms with Crippen LogP contribution in [0, 0.1) is 11.6 Å². The number of hydrogen-bond donors (Lipinski definition) is 2. The molecule has 0 bridgehead atoms. The van der Waals surface area contributed by atoms with Crippen molar-refractivity contribution in [1.82, 2.24) is 5.32 Å². The maximum atomic E-state index is 14.6. The monoisotopic (exact) mass is 455 g/mol. The first-order chi connectivity index (χ1) is 13.9. The number of anilines is 1. The summed E-state index contributed by atoms with van der Waals surface area (Å²) < 4.78 is 27.8. The molecular weight excluding hydrogens is 432 g/mol. The first kappa shape index (κ1) is 24.1. The topological polar surface area (TPSA) is 75.4 Å². The van der Waals surface area contributed by atoms with Crippen molar-refractivity contribution in [2.75, 3.05) is 17.2 Å². The van der Waals surface area contributed by atoms with Gasteiger partial charge < -0.3 is 16.0 Å². The van der Waals surface area contributed by atoms with Crippen LogP contribution in [0.15, 0.2) is 41.3 Å². The zero-order valence-corrected chi connectivity index (χ0v) is 18.1. The first-order valence-electron chi connectivity index (χ1n) is 9.46. The van der Waals surface area contributed by atoms with Crippen LogP contribution in [-0.4, -0.2) is 30.2 Å². The van der Waals surface area contributed by atoms with Crippen LogP contribution in [0.5, 0.6) is 0 Å². The van der Waals surface area contributed by atoms with Gasteiger partial charge in [-0.05, 0) is 36.2 Å². The molecule has 0 fully saturated rings. The van der Waals surface area contributed by atoms with Crippen LogP contribution in [0.25, 0.3) is 0 Å². The van der Waals surface area contributed by atoms with E-state index in [2.05, 4.69) is 5.32 Å². The van der Waals surface area contributed by atoms with Crippen molar-refractivity contribution in [1.29, 1.82) is 0 Å². The number of benzene rings is 2. The second-order valence-electron chi connectivity index (χ2n) is 6.88. The van der Waals surface area contributed by atoms with Crippen molar-refractivity contribution < 1.29 is 18.4 Å². The molecule has 1 atom stereocenters. The van der Waals surface area contributed by atoms with Gasteiger partial charge in [0, 0.05) is 17.2 Å². The lowest BCUT2D eigenvalue weighted by Gasteiger charge is -2.25. The summed E-state index contributed by atoms with van der Waals surface area (Å²) in [5, 5.41) is 2.70. The Morgan fingerprint density at radius 1 is 1.27 bits per heavy atom. The van der Waals surface area contributed by atoms with E-state index in [1.165, 1.54) is 40.9 Å². The van der Waals surface area contributed by atoms with Crippen LogP contribution in [0.1, 0.15) is 35.7 Å². The minimum absolute atomic E-state index is 0. The molecule has 3 rings (SSSR count). The van der Waals surface area contributed by atoms with Gasteiger partial charge in [0.25, 0.3) is 5.91 Å². The summed E-state index contributed by atoms with van der Waals surface area (Å²) in [5.74, 6) is -1.57. The van der Waals surface area contributed by atoms with Crippen LogP contribution in [0.2, 0.25) is 0 Å². The third kappa shape index (κ3) is 5.50. The van der Waals surface area contributed by atoms with Crippen LogP contribution < -0.4 is 16.0 Å². The van der Waals surface area contributed by atoms with Crippen molar-refractivity contribution >= 4 is 41.7 Å². The quantitative estimate of drug-likeness (QED) is 0.648. The van der Waals surface area contributed by atoms with Gasteiger partial charge in [-0.1, -0.05) is 25.5 Å². The zero-order valence-electron chi connectivity index (χ0n) is 16.5. The Kier molecular flexibility index (Phi) is 8.64. The number of nitrogens with one attached hydrogen (secondary N) is 1. The molecule has 2 amide bonds. The average Bonchev–Trinajstić information content (AvgIpc) is 2.81. The molecule has 0 aromatic heterocycles. The summed E-state index contributed by atoms with van der Waals surface area (Å²) in [4.78, 5) is 27.3. The molecule has 1 heterocycles. The molecule has 1 aliphatic rings. The standard InChI is InChI=1S/C21H23F2N3O2S.ClH/c1-2-3-8-25-20(27)15-9-18-19(10-16(15)23)29-12-17(24)21(28)26(18)11-13-4-6-14(22)7-5-13;/h4-7,9-10,17H,2-3,8,11-12,24H2,1H3,(H,25,27);1H/t17-;/m0./s1. The Labute approximate surface area is 184 Å². The second-order valence-corrected chi connectivity index (χ2v) is 7.94. The fraction of sp³-hybridized carbons (Fsp3) is 0.333. The minimum atomic E-state index is -0.766. The molecule has 0 saturated carbocycles. The van der Waals surface area contributed by atoms with E-state index in [1.54, 1.807) is 12.1 Å². The number of hydrogen-bond acceptors (Lipinski definition) is 4. The number of thioether (sulfide) groups is 1. The van der Waals surface area contributed by atoms with E-state index >= 15 is 0 Å². The zero-order chi connectivity index (χ0) is 21.0. The predicted molar refractivity (Wildman–Crippen MR) is 117 cm³/mol. The van der Waals surface area contributed by atoms with Crippen LogP contribution in [-0.2, 0) is 11.3 Å². The van der Waals surface area contributed by atoms with E-state index in [4.69, 9.17) is 5.73 Å². The lowest BCUT2D eigenvalue weighted by molar-refractivity contribution is -0.119. The largest absolute Gasteiger partial charge is 0.352 e. The van der Waals surface area contributed by atoms with Crippen LogP contribution in [0.4, 0.5) is 14.5 Å². The van der Waals surface area contributed by atoms with E-state index in [1.807, 2.05) is 6.92 Å². The fourth-order valence-electron chi connectivity index (χ4n) is 3.02. The molecule has 162 valence electrons. The van der Waals surface area contributed by atoms with Crippen LogP contribution >= 0.6 is 24.2 Å². The molecule has 0 saturated heterocycles. The third-order valence-corrected chi connectivity index (χ3v) is 5.82. The number of halogens is 3. The molecule has 3 N–H and O–H groups in total. The normalized spacial score (nSPS) is 15.8. The highest BCUT2D eigenvalue weighted by Crippen LogP contribution is 2.37. The van der Waals surface area contributed by atoms with Gasteiger partial charge in [0.1, 0.15) is 11.6 Å². The van der Waals surface area contributed by atoms with Crippen molar-refractivity contribution in [2.24, 2.45) is 5.73 Å². The van der Waals surface area contributed by atoms with Crippen molar-refractivity contribution in [3.05, 3.63) is 59.2 Å². The van der Waals surface area contributed by atoms with Gasteiger partial charge in [0.05, 0.1) is 23.8 Å². The highest BCUT2D eigenvalue weighted by Gasteiger charge is 2.30. The van der Waals surface area contributed by atoms with E-state index in [0.717, 1.165) is 12.8 Å². The third-order valence-electron chi connectivity index (χ3n) is 4.66. The molecule has 1 aliphatic heterocycles. The van der Waals surface area contributed by atoms with Gasteiger partial charge in [0.15, 0.2) is 0 Å². The van der Waals surface area contributed by atoms with E-state index in [9.17, 15) is 18.4 Å². The summed E-state index contributed by atoms with van der Waals surface area (Å²) in [5.41, 5.74) is 7.01. The number of nitrogens with zero attached hydrogens (tertiary/aromatic N) is 1. The average molecular weight is 456 g/mol. The fourth-order valence-corrected chi connectivity index (χ4v) is 4.03. The maximum absolute atomic E-state index is 14.6. The number of carbonyl (C=O) groups excluding carboxylic acids is 2. The summed E-state index contributed by atoms with van der Waals surface area (Å²) in [6.45, 7) is 2.58. The summed E-state index contributed by atoms with van der Waals surface area (Å²) in [6, 6.07) is 7.68. The molecule has 0 aliphatic carbocycles. The van der Waals surface area contributed by atoms with Gasteiger partial charge in [-0.25, -0.2) is 8.78 Å². The molecule has 5 nitrogen and oxygen atoms in total. The summed E-state index contributed by atoms with van der Waals surface area (Å²) >= 11 is 1.28. The van der Waals surface area contributed by atoms with Gasteiger partial charge in [0.2, 0.25) is 5.91 Å². The highest BCUT2D eigenvalue weighted by molar-refractivity contribution is 7.99. The number of amides is 2. The SMILES string of the molecule is CCCCNC(=O)c1cc2c(cc1F)SC[C@H](N)C(=O)N2Cc1ccc(F)cc1.Cl. The summed E-state index contributed by atoms with van der Waals surface area (Å²) in [7, 11) is 0. The Bertz CT molecular complexity index is 912. The number of unbranched alkanes of at least 4 members (excludes halogenated alkanes) is 1. The molecule has 0 spiro atoms. The molecule has 2 aromatic carbocycles. The van der Waals surface area contributed by atoms with E-state index in [0.29, 0.717) is 28.4 Å². The molecule has 0 radical (unpaired) electrons.